The molecular weight excluding hydrogens is 331 g/mol. The van der Waals surface area contributed by atoms with Gasteiger partial charge in [0.2, 0.25) is 0 Å². The van der Waals surface area contributed by atoms with E-state index < -0.39 is 0 Å². The SMILES string of the molecule is Fc1cccc(Br)c1N1CCNC(Cc2ccccc2)C1. The second kappa shape index (κ2) is 6.58. The fourth-order valence-electron chi connectivity index (χ4n) is 2.86. The number of anilines is 1. The molecule has 1 aliphatic rings. The van der Waals surface area contributed by atoms with Crippen molar-refractivity contribution in [3.8, 4) is 0 Å². The molecule has 1 fully saturated rings. The normalized spacial score (nSPS) is 18.8. The molecule has 0 amide bonds. The van der Waals surface area contributed by atoms with E-state index in [2.05, 4.69) is 50.4 Å². The summed E-state index contributed by atoms with van der Waals surface area (Å²) in [5.74, 6) is -0.162. The van der Waals surface area contributed by atoms with Crippen LogP contribution in [0.15, 0.2) is 53.0 Å². The van der Waals surface area contributed by atoms with Gasteiger partial charge in [-0.25, -0.2) is 4.39 Å². The summed E-state index contributed by atoms with van der Waals surface area (Å²) in [7, 11) is 0. The number of nitrogens with one attached hydrogen (secondary N) is 1. The Kier molecular flexibility index (Phi) is 4.56. The molecule has 0 aromatic heterocycles. The molecule has 0 bridgehead atoms. The third-order valence-corrected chi connectivity index (χ3v) is 4.47. The lowest BCUT2D eigenvalue weighted by molar-refractivity contribution is 0.450. The van der Waals surface area contributed by atoms with Crippen molar-refractivity contribution in [2.24, 2.45) is 0 Å². The van der Waals surface area contributed by atoms with E-state index in [-0.39, 0.29) is 5.82 Å². The summed E-state index contributed by atoms with van der Waals surface area (Å²) in [5, 5.41) is 3.53. The van der Waals surface area contributed by atoms with Gasteiger partial charge in [0.1, 0.15) is 5.82 Å². The van der Waals surface area contributed by atoms with E-state index in [1.165, 1.54) is 11.6 Å². The van der Waals surface area contributed by atoms with Crippen molar-refractivity contribution in [2.75, 3.05) is 24.5 Å². The third kappa shape index (κ3) is 3.44. The van der Waals surface area contributed by atoms with E-state index in [0.29, 0.717) is 11.7 Å². The average molecular weight is 349 g/mol. The number of halogens is 2. The van der Waals surface area contributed by atoms with Crippen LogP contribution in [0.3, 0.4) is 0 Å². The highest BCUT2D eigenvalue weighted by Gasteiger charge is 2.23. The maximum atomic E-state index is 14.1. The number of hydrogen-bond donors (Lipinski definition) is 1. The molecule has 2 aromatic carbocycles. The van der Waals surface area contributed by atoms with Crippen molar-refractivity contribution >= 4 is 21.6 Å². The molecule has 3 rings (SSSR count). The smallest absolute Gasteiger partial charge is 0.147 e. The standard InChI is InChI=1S/C17H18BrFN2/c18-15-7-4-8-16(19)17(15)21-10-9-20-14(12-21)11-13-5-2-1-3-6-13/h1-8,14,20H,9-12H2. The van der Waals surface area contributed by atoms with Gasteiger partial charge < -0.3 is 10.2 Å². The minimum absolute atomic E-state index is 0.162. The van der Waals surface area contributed by atoms with E-state index in [0.717, 1.165) is 30.5 Å². The number of piperazine rings is 1. The van der Waals surface area contributed by atoms with Crippen LogP contribution in [0.2, 0.25) is 0 Å². The van der Waals surface area contributed by atoms with Crippen molar-refractivity contribution in [1.29, 1.82) is 0 Å². The number of hydrogen-bond acceptors (Lipinski definition) is 2. The van der Waals surface area contributed by atoms with E-state index in [1.54, 1.807) is 6.07 Å². The second-order valence-corrected chi connectivity index (χ2v) is 6.21. The van der Waals surface area contributed by atoms with Crippen LogP contribution >= 0.6 is 15.9 Å². The molecule has 1 N–H and O–H groups in total. The Labute approximate surface area is 133 Å². The zero-order valence-corrected chi connectivity index (χ0v) is 13.3. The Morgan fingerprint density at radius 1 is 1.14 bits per heavy atom. The highest BCUT2D eigenvalue weighted by atomic mass is 79.9. The molecule has 1 aliphatic heterocycles. The van der Waals surface area contributed by atoms with Gasteiger partial charge in [-0.05, 0) is 40.0 Å². The largest absolute Gasteiger partial charge is 0.365 e. The maximum absolute atomic E-state index is 14.1. The molecule has 0 radical (unpaired) electrons. The average Bonchev–Trinajstić information content (AvgIpc) is 2.48. The fraction of sp³-hybridized carbons (Fsp3) is 0.294. The minimum atomic E-state index is -0.162. The van der Waals surface area contributed by atoms with Gasteiger partial charge in [0, 0.05) is 30.1 Å². The molecule has 1 saturated heterocycles. The number of benzene rings is 2. The zero-order chi connectivity index (χ0) is 14.7. The molecule has 2 nitrogen and oxygen atoms in total. The van der Waals surface area contributed by atoms with Crippen molar-refractivity contribution in [3.05, 3.63) is 64.4 Å². The Morgan fingerprint density at radius 3 is 2.71 bits per heavy atom. The summed E-state index contributed by atoms with van der Waals surface area (Å²) in [6, 6.07) is 15.9. The summed E-state index contributed by atoms with van der Waals surface area (Å²) in [5.41, 5.74) is 1.99. The van der Waals surface area contributed by atoms with E-state index in [9.17, 15) is 4.39 Å². The molecule has 110 valence electrons. The summed E-state index contributed by atoms with van der Waals surface area (Å²) >= 11 is 3.47. The van der Waals surface area contributed by atoms with Gasteiger partial charge in [-0.1, -0.05) is 36.4 Å². The molecule has 1 atom stereocenters. The van der Waals surface area contributed by atoms with Gasteiger partial charge in [0.05, 0.1) is 5.69 Å². The van der Waals surface area contributed by atoms with Crippen LogP contribution in [0.4, 0.5) is 10.1 Å². The fourth-order valence-corrected chi connectivity index (χ4v) is 3.45. The Morgan fingerprint density at radius 2 is 1.95 bits per heavy atom. The Balaban J connectivity index is 1.74. The molecule has 1 heterocycles. The third-order valence-electron chi connectivity index (χ3n) is 3.83. The monoisotopic (exact) mass is 348 g/mol. The molecular formula is C17H18BrFN2. The van der Waals surface area contributed by atoms with Crippen molar-refractivity contribution in [3.63, 3.8) is 0 Å². The van der Waals surface area contributed by atoms with Crippen LogP contribution in [-0.4, -0.2) is 25.7 Å². The van der Waals surface area contributed by atoms with Crippen molar-refractivity contribution in [2.45, 2.75) is 12.5 Å². The number of nitrogens with zero attached hydrogens (tertiary/aromatic N) is 1. The van der Waals surface area contributed by atoms with E-state index >= 15 is 0 Å². The Bertz CT molecular complexity index is 583. The van der Waals surface area contributed by atoms with Gasteiger partial charge in [-0.2, -0.15) is 0 Å². The lowest BCUT2D eigenvalue weighted by Gasteiger charge is -2.36. The quantitative estimate of drug-likeness (QED) is 0.911. The second-order valence-electron chi connectivity index (χ2n) is 5.36. The lowest BCUT2D eigenvalue weighted by Crippen LogP contribution is -2.52. The van der Waals surface area contributed by atoms with Crippen LogP contribution in [-0.2, 0) is 6.42 Å². The predicted molar refractivity (Wildman–Crippen MR) is 88.2 cm³/mol. The van der Waals surface area contributed by atoms with Gasteiger partial charge in [-0.15, -0.1) is 0 Å². The lowest BCUT2D eigenvalue weighted by atomic mass is 10.0. The molecule has 2 aromatic rings. The van der Waals surface area contributed by atoms with Crippen LogP contribution in [0.5, 0.6) is 0 Å². The number of para-hydroxylation sites is 1. The summed E-state index contributed by atoms with van der Waals surface area (Å²) < 4.78 is 14.9. The first-order valence-corrected chi connectivity index (χ1v) is 7.99. The van der Waals surface area contributed by atoms with Crippen LogP contribution in [0, 0.1) is 5.82 Å². The molecule has 21 heavy (non-hydrogen) atoms. The van der Waals surface area contributed by atoms with Crippen LogP contribution in [0.1, 0.15) is 5.56 Å². The van der Waals surface area contributed by atoms with Crippen molar-refractivity contribution in [1.82, 2.24) is 5.32 Å². The predicted octanol–water partition coefficient (Wildman–Crippen LogP) is 3.61. The summed E-state index contributed by atoms with van der Waals surface area (Å²) in [6.45, 7) is 2.51. The first-order chi connectivity index (χ1) is 10.2. The Hall–Kier alpha value is -1.39. The molecule has 4 heteroatoms. The van der Waals surface area contributed by atoms with E-state index in [4.69, 9.17) is 0 Å². The minimum Gasteiger partial charge on any atom is -0.365 e. The molecule has 0 spiro atoms. The first-order valence-electron chi connectivity index (χ1n) is 7.20. The van der Waals surface area contributed by atoms with Gasteiger partial charge in [0.25, 0.3) is 0 Å². The van der Waals surface area contributed by atoms with E-state index in [1.807, 2.05) is 12.1 Å². The highest BCUT2D eigenvalue weighted by Crippen LogP contribution is 2.30. The molecule has 0 saturated carbocycles. The highest BCUT2D eigenvalue weighted by molar-refractivity contribution is 9.10. The summed E-state index contributed by atoms with van der Waals surface area (Å²) in [4.78, 5) is 2.13. The van der Waals surface area contributed by atoms with Crippen molar-refractivity contribution < 1.29 is 4.39 Å². The van der Waals surface area contributed by atoms with Crippen LogP contribution in [0.25, 0.3) is 0 Å². The first kappa shape index (κ1) is 14.5. The zero-order valence-electron chi connectivity index (χ0n) is 11.7. The van der Waals surface area contributed by atoms with Gasteiger partial charge in [-0.3, -0.25) is 0 Å². The molecule has 1 unspecified atom stereocenters. The summed E-state index contributed by atoms with van der Waals surface area (Å²) in [6.07, 6.45) is 0.962. The number of rotatable bonds is 3. The maximum Gasteiger partial charge on any atom is 0.147 e. The molecule has 0 aliphatic carbocycles. The van der Waals surface area contributed by atoms with Crippen LogP contribution < -0.4 is 10.2 Å². The van der Waals surface area contributed by atoms with Gasteiger partial charge >= 0.3 is 0 Å². The van der Waals surface area contributed by atoms with Gasteiger partial charge in [0.15, 0.2) is 0 Å². The topological polar surface area (TPSA) is 15.3 Å².